The molecule has 0 fully saturated rings. The summed E-state index contributed by atoms with van der Waals surface area (Å²) in [5.41, 5.74) is 1.10. The Hall–Kier alpha value is -0.990. The number of primary sulfonamides is 1. The van der Waals surface area contributed by atoms with E-state index in [9.17, 15) is 13.2 Å². The summed E-state index contributed by atoms with van der Waals surface area (Å²) >= 11 is 0.815. The minimum atomic E-state index is -3.85. The van der Waals surface area contributed by atoms with Crippen molar-refractivity contribution in [1.29, 1.82) is 0 Å². The molecule has 0 aliphatic rings. The van der Waals surface area contributed by atoms with Gasteiger partial charge in [0.05, 0.1) is 5.51 Å². The lowest BCUT2D eigenvalue weighted by atomic mass is 10.5. The highest BCUT2D eigenvalue weighted by atomic mass is 32.2. The zero-order valence-electron chi connectivity index (χ0n) is 6.64. The fraction of sp³-hybridized carbons (Fsp3) is 0.200. The van der Waals surface area contributed by atoms with Gasteiger partial charge in [0.2, 0.25) is 10.0 Å². The van der Waals surface area contributed by atoms with E-state index in [2.05, 4.69) is 10.3 Å². The van der Waals surface area contributed by atoms with Crippen molar-refractivity contribution < 1.29 is 13.2 Å². The molecule has 0 saturated heterocycles. The molecule has 0 aliphatic heterocycles. The third-order valence-corrected chi connectivity index (χ3v) is 3.55. The minimum Gasteiger partial charge on any atom is -0.354 e. The van der Waals surface area contributed by atoms with Crippen LogP contribution in [0.5, 0.6) is 0 Å². The first-order valence-electron chi connectivity index (χ1n) is 3.15. The fourth-order valence-corrected chi connectivity index (χ4v) is 2.30. The number of nitrogens with zero attached hydrogens (tertiary/aromatic N) is 1. The van der Waals surface area contributed by atoms with E-state index in [1.165, 1.54) is 12.6 Å². The molecule has 0 unspecified atom stereocenters. The molecular weight excluding hydrogens is 214 g/mol. The van der Waals surface area contributed by atoms with Crippen molar-refractivity contribution in [1.82, 2.24) is 10.3 Å². The Labute approximate surface area is 78.8 Å². The molecule has 1 amide bonds. The maximum Gasteiger partial charge on any atom is 0.271 e. The Morgan fingerprint density at radius 3 is 2.77 bits per heavy atom. The van der Waals surface area contributed by atoms with Crippen LogP contribution in [0.2, 0.25) is 0 Å². The van der Waals surface area contributed by atoms with E-state index in [1.54, 1.807) is 0 Å². The molecule has 13 heavy (non-hydrogen) atoms. The van der Waals surface area contributed by atoms with Crippen molar-refractivity contribution in [2.75, 3.05) is 7.05 Å². The minimum absolute atomic E-state index is 0.157. The van der Waals surface area contributed by atoms with Gasteiger partial charge in [-0.15, -0.1) is 11.3 Å². The molecule has 1 aromatic heterocycles. The lowest BCUT2D eigenvalue weighted by molar-refractivity contribution is 0.0955. The Morgan fingerprint density at radius 1 is 1.69 bits per heavy atom. The first kappa shape index (κ1) is 10.1. The number of amides is 1. The van der Waals surface area contributed by atoms with Crippen molar-refractivity contribution in [3.63, 3.8) is 0 Å². The van der Waals surface area contributed by atoms with Gasteiger partial charge in [0.1, 0.15) is 0 Å². The van der Waals surface area contributed by atoms with Gasteiger partial charge in [-0.05, 0) is 0 Å². The van der Waals surface area contributed by atoms with E-state index < -0.39 is 15.9 Å². The first-order chi connectivity index (χ1) is 5.96. The van der Waals surface area contributed by atoms with Crippen LogP contribution in [0.15, 0.2) is 9.72 Å². The molecule has 0 atom stereocenters. The highest BCUT2D eigenvalue weighted by Crippen LogP contribution is 2.17. The topological polar surface area (TPSA) is 102 Å². The molecule has 0 bridgehead atoms. The molecule has 72 valence electrons. The largest absolute Gasteiger partial charge is 0.354 e. The summed E-state index contributed by atoms with van der Waals surface area (Å²) in [5.74, 6) is -0.565. The second-order valence-electron chi connectivity index (χ2n) is 2.11. The van der Waals surface area contributed by atoms with Crippen molar-refractivity contribution in [3.8, 4) is 0 Å². The van der Waals surface area contributed by atoms with Crippen LogP contribution in [0, 0.1) is 0 Å². The molecule has 3 N–H and O–H groups in total. The van der Waals surface area contributed by atoms with Crippen LogP contribution in [0.4, 0.5) is 0 Å². The molecule has 1 aromatic rings. The Bertz CT molecular complexity index is 422. The predicted molar refractivity (Wildman–Crippen MR) is 46.9 cm³/mol. The maximum atomic E-state index is 11.1. The smallest absolute Gasteiger partial charge is 0.271 e. The molecule has 1 heterocycles. The Balaban J connectivity index is 3.26. The monoisotopic (exact) mass is 221 g/mol. The van der Waals surface area contributed by atoms with Crippen LogP contribution in [-0.2, 0) is 10.0 Å². The van der Waals surface area contributed by atoms with Crippen molar-refractivity contribution in [3.05, 3.63) is 11.2 Å². The van der Waals surface area contributed by atoms with Gasteiger partial charge >= 0.3 is 0 Å². The summed E-state index contributed by atoms with van der Waals surface area (Å²) in [6.45, 7) is 0. The van der Waals surface area contributed by atoms with Crippen LogP contribution in [0.3, 0.4) is 0 Å². The number of hydrogen-bond donors (Lipinski definition) is 2. The molecule has 0 aromatic carbocycles. The summed E-state index contributed by atoms with van der Waals surface area (Å²) in [7, 11) is -2.47. The molecule has 0 spiro atoms. The second-order valence-corrected chi connectivity index (χ2v) is 4.72. The Morgan fingerprint density at radius 2 is 2.31 bits per heavy atom. The van der Waals surface area contributed by atoms with E-state index in [0.717, 1.165) is 11.3 Å². The molecular formula is C5H7N3O3S2. The predicted octanol–water partition coefficient (Wildman–Crippen LogP) is -0.850. The quantitative estimate of drug-likeness (QED) is 0.679. The van der Waals surface area contributed by atoms with Gasteiger partial charge in [0, 0.05) is 7.05 Å². The van der Waals surface area contributed by atoms with Gasteiger partial charge in [0.15, 0.2) is 9.90 Å². The third kappa shape index (κ3) is 2.02. The van der Waals surface area contributed by atoms with E-state index >= 15 is 0 Å². The van der Waals surface area contributed by atoms with Crippen LogP contribution < -0.4 is 10.5 Å². The summed E-state index contributed by atoms with van der Waals surface area (Å²) in [5, 5.41) is 7.12. The van der Waals surface area contributed by atoms with Gasteiger partial charge in [0.25, 0.3) is 5.91 Å². The highest BCUT2D eigenvalue weighted by Gasteiger charge is 2.21. The van der Waals surface area contributed by atoms with Crippen LogP contribution in [-0.4, -0.2) is 26.4 Å². The SMILES string of the molecule is CNC(=O)c1ncsc1S(N)(=O)=O. The van der Waals surface area contributed by atoms with Crippen LogP contribution >= 0.6 is 11.3 Å². The zero-order chi connectivity index (χ0) is 10.1. The van der Waals surface area contributed by atoms with Gasteiger partial charge in [-0.2, -0.15) is 0 Å². The van der Waals surface area contributed by atoms with Crippen LogP contribution in [0.25, 0.3) is 0 Å². The van der Waals surface area contributed by atoms with Crippen molar-refractivity contribution >= 4 is 27.3 Å². The van der Waals surface area contributed by atoms with Gasteiger partial charge in [-0.1, -0.05) is 0 Å². The standard InChI is InChI=1S/C5H7N3O3S2/c1-7-4(9)3-5(12-2-8-3)13(6,10)11/h2H,1H3,(H,7,9)(H2,6,10,11). The van der Waals surface area contributed by atoms with Crippen molar-refractivity contribution in [2.24, 2.45) is 5.14 Å². The molecule has 8 heteroatoms. The van der Waals surface area contributed by atoms with E-state index in [1.807, 2.05) is 0 Å². The van der Waals surface area contributed by atoms with Gasteiger partial charge < -0.3 is 5.32 Å². The number of sulfonamides is 1. The van der Waals surface area contributed by atoms with E-state index in [0.29, 0.717) is 0 Å². The number of nitrogens with two attached hydrogens (primary N) is 1. The normalized spacial score (nSPS) is 11.2. The number of carbonyl (C=O) groups is 1. The number of carbonyl (C=O) groups excluding carboxylic acids is 1. The lowest BCUT2D eigenvalue weighted by Crippen LogP contribution is -2.22. The number of aromatic nitrogens is 1. The third-order valence-electron chi connectivity index (χ3n) is 1.24. The number of hydrogen-bond acceptors (Lipinski definition) is 5. The molecule has 0 radical (unpaired) electrons. The average Bonchev–Trinajstić information content (AvgIpc) is 2.49. The first-order valence-corrected chi connectivity index (χ1v) is 5.57. The average molecular weight is 221 g/mol. The molecule has 6 nitrogen and oxygen atoms in total. The van der Waals surface area contributed by atoms with E-state index in [-0.39, 0.29) is 9.90 Å². The maximum absolute atomic E-state index is 11.1. The summed E-state index contributed by atoms with van der Waals surface area (Å²) in [6.07, 6.45) is 0. The summed E-state index contributed by atoms with van der Waals surface area (Å²) < 4.78 is 21.6. The Kier molecular flexibility index (Phi) is 2.64. The fourth-order valence-electron chi connectivity index (χ4n) is 0.707. The number of thiazole rings is 1. The second kappa shape index (κ2) is 3.40. The van der Waals surface area contributed by atoms with E-state index in [4.69, 9.17) is 5.14 Å². The molecule has 0 saturated carbocycles. The van der Waals surface area contributed by atoms with Gasteiger partial charge in [-0.3, -0.25) is 4.79 Å². The number of rotatable bonds is 2. The van der Waals surface area contributed by atoms with Gasteiger partial charge in [-0.25, -0.2) is 18.5 Å². The summed E-state index contributed by atoms with van der Waals surface area (Å²) in [4.78, 5) is 14.7. The molecule has 0 aliphatic carbocycles. The summed E-state index contributed by atoms with van der Waals surface area (Å²) in [6, 6.07) is 0. The van der Waals surface area contributed by atoms with Crippen molar-refractivity contribution in [2.45, 2.75) is 4.21 Å². The molecule has 1 rings (SSSR count). The lowest BCUT2D eigenvalue weighted by Gasteiger charge is -1.97. The zero-order valence-corrected chi connectivity index (χ0v) is 8.28. The van der Waals surface area contributed by atoms with Crippen LogP contribution in [0.1, 0.15) is 10.5 Å². The number of nitrogens with one attached hydrogen (secondary N) is 1. The highest BCUT2D eigenvalue weighted by molar-refractivity contribution is 7.91.